The number of benzene rings is 1. The maximum absolute atomic E-state index is 12.5. The largest absolute Gasteiger partial charge is 0.397 e. The van der Waals surface area contributed by atoms with Gasteiger partial charge >= 0.3 is 0 Å². The third kappa shape index (κ3) is 2.62. The topological polar surface area (TPSA) is 70.9 Å². The molecule has 3 rings (SSSR count). The van der Waals surface area contributed by atoms with Gasteiger partial charge in [0.15, 0.2) is 0 Å². The maximum Gasteiger partial charge on any atom is 0.267 e. The van der Waals surface area contributed by atoms with E-state index in [1.165, 1.54) is 12.8 Å². The van der Waals surface area contributed by atoms with Crippen LogP contribution in [0.15, 0.2) is 24.3 Å². The average Bonchev–Trinajstić information content (AvgIpc) is 2.86. The Balaban J connectivity index is 1.82. The first kappa shape index (κ1) is 14.0. The minimum absolute atomic E-state index is 0.0365. The van der Waals surface area contributed by atoms with E-state index in [0.717, 1.165) is 23.7 Å². The molecule has 4 nitrogen and oxygen atoms in total. The number of aromatic amines is 1. The highest BCUT2D eigenvalue weighted by molar-refractivity contribution is 6.00. The smallest absolute Gasteiger partial charge is 0.267 e. The first-order chi connectivity index (χ1) is 9.97. The normalized spacial score (nSPS) is 21.3. The monoisotopic (exact) mass is 285 g/mol. The number of nitrogen functional groups attached to an aromatic ring is 1. The molecule has 1 atom stereocenters. The lowest BCUT2D eigenvalue weighted by Gasteiger charge is -2.38. The molecule has 1 aliphatic rings. The molecule has 4 N–H and O–H groups in total. The molecule has 4 heteroatoms. The van der Waals surface area contributed by atoms with Crippen LogP contribution in [-0.2, 0) is 0 Å². The molecule has 1 saturated carbocycles. The third-order valence-corrected chi connectivity index (χ3v) is 4.75. The van der Waals surface area contributed by atoms with Gasteiger partial charge in [0.05, 0.1) is 11.2 Å². The van der Waals surface area contributed by atoms with E-state index in [0.29, 0.717) is 11.4 Å². The number of H-pyrrole nitrogens is 1. The Morgan fingerprint density at radius 3 is 2.90 bits per heavy atom. The lowest BCUT2D eigenvalue weighted by Crippen LogP contribution is -2.46. The minimum Gasteiger partial charge on any atom is -0.397 e. The van der Waals surface area contributed by atoms with Crippen molar-refractivity contribution in [2.45, 2.75) is 45.6 Å². The number of rotatable bonds is 2. The molecule has 0 aliphatic heterocycles. The van der Waals surface area contributed by atoms with Crippen molar-refractivity contribution in [3.63, 3.8) is 0 Å². The van der Waals surface area contributed by atoms with Gasteiger partial charge in [-0.1, -0.05) is 38.8 Å². The van der Waals surface area contributed by atoms with Crippen LogP contribution in [-0.4, -0.2) is 16.9 Å². The lowest BCUT2D eigenvalue weighted by molar-refractivity contribution is 0.0849. The highest BCUT2D eigenvalue weighted by atomic mass is 16.1. The van der Waals surface area contributed by atoms with Crippen LogP contribution in [0.4, 0.5) is 5.69 Å². The molecule has 1 aliphatic carbocycles. The number of para-hydroxylation sites is 1. The van der Waals surface area contributed by atoms with Gasteiger partial charge in [-0.15, -0.1) is 0 Å². The Labute approximate surface area is 125 Å². The summed E-state index contributed by atoms with van der Waals surface area (Å²) in [6, 6.07) is 7.81. The lowest BCUT2D eigenvalue weighted by atomic mass is 9.73. The Morgan fingerprint density at radius 2 is 2.19 bits per heavy atom. The Hall–Kier alpha value is -1.97. The van der Waals surface area contributed by atoms with Gasteiger partial charge in [-0.2, -0.15) is 0 Å². The molecule has 0 saturated heterocycles. The Morgan fingerprint density at radius 1 is 1.38 bits per heavy atom. The van der Waals surface area contributed by atoms with Crippen molar-refractivity contribution in [2.24, 2.45) is 5.41 Å². The van der Waals surface area contributed by atoms with Gasteiger partial charge in [0.1, 0.15) is 5.69 Å². The number of aromatic nitrogens is 1. The van der Waals surface area contributed by atoms with E-state index < -0.39 is 0 Å². The fourth-order valence-electron chi connectivity index (χ4n) is 3.30. The van der Waals surface area contributed by atoms with Crippen LogP contribution in [0.3, 0.4) is 0 Å². The van der Waals surface area contributed by atoms with E-state index in [9.17, 15) is 4.79 Å². The molecule has 1 heterocycles. The second-order valence-electron chi connectivity index (χ2n) is 6.75. The van der Waals surface area contributed by atoms with Gasteiger partial charge in [-0.3, -0.25) is 4.79 Å². The molecule has 1 fully saturated rings. The first-order valence-electron chi connectivity index (χ1n) is 7.65. The molecule has 0 spiro atoms. The summed E-state index contributed by atoms with van der Waals surface area (Å²) in [6.07, 6.45) is 4.66. The molecule has 1 amide bonds. The molecule has 1 aromatic carbocycles. The average molecular weight is 285 g/mol. The molecule has 112 valence electrons. The molecule has 1 unspecified atom stereocenters. The van der Waals surface area contributed by atoms with Gasteiger partial charge in [-0.25, -0.2) is 0 Å². The van der Waals surface area contributed by atoms with Crippen LogP contribution in [0.5, 0.6) is 0 Å². The Kier molecular flexibility index (Phi) is 3.40. The van der Waals surface area contributed by atoms with E-state index in [-0.39, 0.29) is 17.4 Å². The van der Waals surface area contributed by atoms with Crippen LogP contribution in [0, 0.1) is 5.41 Å². The molecule has 2 aromatic rings. The van der Waals surface area contributed by atoms with Crippen LogP contribution in [0.2, 0.25) is 0 Å². The van der Waals surface area contributed by atoms with E-state index in [4.69, 9.17) is 5.73 Å². The molecule has 21 heavy (non-hydrogen) atoms. The third-order valence-electron chi connectivity index (χ3n) is 4.75. The van der Waals surface area contributed by atoms with E-state index in [1.807, 2.05) is 24.3 Å². The number of amides is 1. The van der Waals surface area contributed by atoms with E-state index in [1.54, 1.807) is 0 Å². The molecular weight excluding hydrogens is 262 g/mol. The summed E-state index contributed by atoms with van der Waals surface area (Å²) >= 11 is 0. The molecule has 0 bridgehead atoms. The highest BCUT2D eigenvalue weighted by Gasteiger charge is 2.33. The highest BCUT2D eigenvalue weighted by Crippen LogP contribution is 2.35. The van der Waals surface area contributed by atoms with Crippen molar-refractivity contribution in [1.82, 2.24) is 10.3 Å². The zero-order chi connectivity index (χ0) is 15.0. The van der Waals surface area contributed by atoms with Crippen molar-refractivity contribution in [2.75, 3.05) is 5.73 Å². The SMILES string of the molecule is CC1(C)CCCCC1NC(=O)c1cc2cccc(N)c2[nH]1. The zero-order valence-electron chi connectivity index (χ0n) is 12.7. The standard InChI is InChI=1S/C17H23N3O/c1-17(2)9-4-3-8-14(17)20-16(21)13-10-11-6-5-7-12(18)15(11)19-13/h5-7,10,14,19H,3-4,8-9,18H2,1-2H3,(H,20,21). The van der Waals surface area contributed by atoms with Gasteiger partial charge in [0.2, 0.25) is 0 Å². The second kappa shape index (κ2) is 5.10. The minimum atomic E-state index is -0.0365. The van der Waals surface area contributed by atoms with E-state index >= 15 is 0 Å². The fraction of sp³-hybridized carbons (Fsp3) is 0.471. The number of carbonyl (C=O) groups is 1. The number of hydrogen-bond acceptors (Lipinski definition) is 2. The number of carbonyl (C=O) groups excluding carboxylic acids is 1. The van der Waals surface area contributed by atoms with Crippen molar-refractivity contribution < 1.29 is 4.79 Å². The summed E-state index contributed by atoms with van der Waals surface area (Å²) in [6.45, 7) is 4.47. The summed E-state index contributed by atoms with van der Waals surface area (Å²) in [4.78, 5) is 15.6. The van der Waals surface area contributed by atoms with E-state index in [2.05, 4.69) is 24.1 Å². The summed E-state index contributed by atoms with van der Waals surface area (Å²) in [5.74, 6) is -0.0365. The van der Waals surface area contributed by atoms with Gasteiger partial charge in [0.25, 0.3) is 5.91 Å². The summed E-state index contributed by atoms with van der Waals surface area (Å²) in [7, 11) is 0. The van der Waals surface area contributed by atoms with Gasteiger partial charge in [-0.05, 0) is 30.4 Å². The van der Waals surface area contributed by atoms with Crippen molar-refractivity contribution in [3.05, 3.63) is 30.0 Å². The first-order valence-corrected chi connectivity index (χ1v) is 7.65. The summed E-state index contributed by atoms with van der Waals surface area (Å²) in [5.41, 5.74) is 8.20. The predicted octanol–water partition coefficient (Wildman–Crippen LogP) is 3.45. The van der Waals surface area contributed by atoms with Crippen LogP contribution < -0.4 is 11.1 Å². The molecule has 1 aromatic heterocycles. The number of anilines is 1. The number of nitrogens with one attached hydrogen (secondary N) is 2. The van der Waals surface area contributed by atoms with Gasteiger partial charge in [0, 0.05) is 11.4 Å². The molecular formula is C17H23N3O. The van der Waals surface area contributed by atoms with Crippen molar-refractivity contribution in [3.8, 4) is 0 Å². The van der Waals surface area contributed by atoms with Crippen LogP contribution in [0.1, 0.15) is 50.0 Å². The summed E-state index contributed by atoms with van der Waals surface area (Å²) < 4.78 is 0. The second-order valence-corrected chi connectivity index (χ2v) is 6.75. The summed E-state index contributed by atoms with van der Waals surface area (Å²) in [5, 5.41) is 4.17. The zero-order valence-corrected chi connectivity index (χ0v) is 12.7. The number of hydrogen-bond donors (Lipinski definition) is 3. The fourth-order valence-corrected chi connectivity index (χ4v) is 3.30. The van der Waals surface area contributed by atoms with Crippen molar-refractivity contribution >= 4 is 22.5 Å². The van der Waals surface area contributed by atoms with Crippen LogP contribution in [0.25, 0.3) is 10.9 Å². The number of fused-ring (bicyclic) bond motifs is 1. The Bertz CT molecular complexity index is 672. The van der Waals surface area contributed by atoms with Crippen molar-refractivity contribution in [1.29, 1.82) is 0 Å². The quantitative estimate of drug-likeness (QED) is 0.740. The number of nitrogens with two attached hydrogens (primary N) is 1. The molecule has 0 radical (unpaired) electrons. The predicted molar refractivity (Wildman–Crippen MR) is 86.2 cm³/mol. The maximum atomic E-state index is 12.5. The van der Waals surface area contributed by atoms with Crippen LogP contribution >= 0.6 is 0 Å². The van der Waals surface area contributed by atoms with Gasteiger partial charge < -0.3 is 16.0 Å².